The van der Waals surface area contributed by atoms with E-state index in [1.807, 2.05) is 7.05 Å². The van der Waals surface area contributed by atoms with Gasteiger partial charge in [-0.2, -0.15) is 5.10 Å². The molecular weight excluding hydrogens is 326 g/mol. The fourth-order valence-electron chi connectivity index (χ4n) is 2.68. The van der Waals surface area contributed by atoms with Crippen molar-refractivity contribution >= 4 is 15.9 Å². The Balaban J connectivity index is 2.18. The number of hydrogen-bond acceptors (Lipinski definition) is 2. The zero-order valence-electron chi connectivity index (χ0n) is 13.3. The smallest absolute Gasteiger partial charge is 0.0738 e. The summed E-state index contributed by atoms with van der Waals surface area (Å²) < 4.78 is 3.25. The zero-order valence-corrected chi connectivity index (χ0v) is 14.9. The van der Waals surface area contributed by atoms with Gasteiger partial charge in [-0.1, -0.05) is 24.3 Å². The minimum Gasteiger partial charge on any atom is -0.316 e. The molecule has 2 rings (SSSR count). The summed E-state index contributed by atoms with van der Waals surface area (Å²) in [5.74, 6) is 0. The lowest BCUT2D eigenvalue weighted by Gasteiger charge is -2.18. The molecule has 0 aliphatic rings. The van der Waals surface area contributed by atoms with Crippen LogP contribution in [0.1, 0.15) is 29.4 Å². The van der Waals surface area contributed by atoms with E-state index >= 15 is 0 Å². The molecule has 3 nitrogen and oxygen atoms in total. The predicted molar refractivity (Wildman–Crippen MR) is 91.8 cm³/mol. The van der Waals surface area contributed by atoms with Gasteiger partial charge in [0.1, 0.15) is 0 Å². The van der Waals surface area contributed by atoms with Gasteiger partial charge < -0.3 is 5.32 Å². The third-order valence-electron chi connectivity index (χ3n) is 4.03. The molecule has 0 fully saturated rings. The van der Waals surface area contributed by atoms with Crippen LogP contribution in [0, 0.1) is 13.8 Å². The number of aromatic nitrogens is 2. The Bertz CT molecular complexity index is 604. The number of rotatable bonds is 6. The highest BCUT2D eigenvalue weighted by molar-refractivity contribution is 9.10. The monoisotopic (exact) mass is 349 g/mol. The molecule has 21 heavy (non-hydrogen) atoms. The standard InChI is InChI=1S/C17H24BrN3/c1-5-21-16(17(18)13(3)20-21)11-15(19-4)10-14-9-7-6-8-12(14)2/h6-9,15,19H,5,10-11H2,1-4H3. The maximum atomic E-state index is 4.58. The van der Waals surface area contributed by atoms with Crippen LogP contribution in [0.3, 0.4) is 0 Å². The average Bonchev–Trinajstić information content (AvgIpc) is 2.76. The first-order valence-corrected chi connectivity index (χ1v) is 8.29. The third-order valence-corrected chi connectivity index (χ3v) is 5.06. The highest BCUT2D eigenvalue weighted by Crippen LogP contribution is 2.23. The van der Waals surface area contributed by atoms with Gasteiger partial charge >= 0.3 is 0 Å². The summed E-state index contributed by atoms with van der Waals surface area (Å²) in [4.78, 5) is 0. The van der Waals surface area contributed by atoms with Crippen LogP contribution < -0.4 is 5.32 Å². The Morgan fingerprint density at radius 1 is 1.24 bits per heavy atom. The topological polar surface area (TPSA) is 29.9 Å². The molecule has 1 unspecified atom stereocenters. The SMILES string of the molecule is CCn1nc(C)c(Br)c1CC(Cc1ccccc1C)NC. The Morgan fingerprint density at radius 2 is 1.95 bits per heavy atom. The number of nitrogens with one attached hydrogen (secondary N) is 1. The van der Waals surface area contributed by atoms with E-state index in [1.54, 1.807) is 0 Å². The Hall–Kier alpha value is -1.13. The summed E-state index contributed by atoms with van der Waals surface area (Å²) in [6.45, 7) is 7.27. The van der Waals surface area contributed by atoms with E-state index in [4.69, 9.17) is 0 Å². The second-order valence-electron chi connectivity index (χ2n) is 5.48. The molecule has 1 aromatic heterocycles. The van der Waals surface area contributed by atoms with Crippen LogP contribution in [0.2, 0.25) is 0 Å². The van der Waals surface area contributed by atoms with Gasteiger partial charge in [0.15, 0.2) is 0 Å². The zero-order chi connectivity index (χ0) is 15.4. The second-order valence-corrected chi connectivity index (χ2v) is 6.28. The van der Waals surface area contributed by atoms with E-state index in [9.17, 15) is 0 Å². The summed E-state index contributed by atoms with van der Waals surface area (Å²) in [6.07, 6.45) is 2.00. The average molecular weight is 350 g/mol. The predicted octanol–water partition coefficient (Wildman–Crippen LogP) is 3.66. The van der Waals surface area contributed by atoms with Crippen molar-refractivity contribution in [1.82, 2.24) is 15.1 Å². The highest BCUT2D eigenvalue weighted by atomic mass is 79.9. The molecule has 1 atom stereocenters. The van der Waals surface area contributed by atoms with Gasteiger partial charge in [-0.3, -0.25) is 4.68 Å². The first-order chi connectivity index (χ1) is 10.1. The van der Waals surface area contributed by atoms with E-state index in [0.717, 1.165) is 29.6 Å². The lowest BCUT2D eigenvalue weighted by Crippen LogP contribution is -2.31. The largest absolute Gasteiger partial charge is 0.316 e. The van der Waals surface area contributed by atoms with E-state index in [1.165, 1.54) is 16.8 Å². The normalized spacial score (nSPS) is 12.6. The van der Waals surface area contributed by atoms with E-state index in [0.29, 0.717) is 6.04 Å². The molecule has 0 bridgehead atoms. The molecule has 2 aromatic rings. The fourth-order valence-corrected chi connectivity index (χ4v) is 3.12. The molecule has 1 aromatic carbocycles. The van der Waals surface area contributed by atoms with Crippen molar-refractivity contribution in [3.63, 3.8) is 0 Å². The molecule has 114 valence electrons. The van der Waals surface area contributed by atoms with Gasteiger partial charge in [0, 0.05) is 19.0 Å². The van der Waals surface area contributed by atoms with Crippen molar-refractivity contribution < 1.29 is 0 Å². The summed E-state index contributed by atoms with van der Waals surface area (Å²) in [7, 11) is 2.04. The molecule has 0 aliphatic heterocycles. The molecular formula is C17H24BrN3. The molecule has 0 radical (unpaired) electrons. The van der Waals surface area contributed by atoms with Gasteiger partial charge in [0.2, 0.25) is 0 Å². The number of benzene rings is 1. The summed E-state index contributed by atoms with van der Waals surface area (Å²) >= 11 is 3.69. The van der Waals surface area contributed by atoms with Gasteiger partial charge in [-0.05, 0) is 61.3 Å². The first kappa shape index (κ1) is 16.2. The molecule has 0 spiro atoms. The quantitative estimate of drug-likeness (QED) is 0.862. The van der Waals surface area contributed by atoms with Crippen molar-refractivity contribution in [1.29, 1.82) is 0 Å². The molecule has 0 aliphatic carbocycles. The minimum atomic E-state index is 0.406. The number of aryl methyl sites for hydroxylation is 3. The van der Waals surface area contributed by atoms with Crippen LogP contribution in [0.5, 0.6) is 0 Å². The van der Waals surface area contributed by atoms with Crippen molar-refractivity contribution in [2.45, 2.75) is 46.2 Å². The highest BCUT2D eigenvalue weighted by Gasteiger charge is 2.17. The van der Waals surface area contributed by atoms with Gasteiger partial charge in [0.25, 0.3) is 0 Å². The van der Waals surface area contributed by atoms with Crippen LogP contribution in [0.4, 0.5) is 0 Å². The Labute approximate surface area is 135 Å². The second kappa shape index (κ2) is 7.23. The van der Waals surface area contributed by atoms with Crippen LogP contribution in [0.15, 0.2) is 28.7 Å². The lowest BCUT2D eigenvalue weighted by molar-refractivity contribution is 0.518. The number of likely N-dealkylation sites (N-methyl/N-ethyl adjacent to an activating group) is 1. The molecule has 0 saturated carbocycles. The van der Waals surface area contributed by atoms with Gasteiger partial charge in [-0.25, -0.2) is 0 Å². The summed E-state index contributed by atoms with van der Waals surface area (Å²) in [5.41, 5.74) is 5.12. The number of nitrogens with zero attached hydrogens (tertiary/aromatic N) is 2. The van der Waals surface area contributed by atoms with E-state index < -0.39 is 0 Å². The lowest BCUT2D eigenvalue weighted by atomic mass is 9.98. The summed E-state index contributed by atoms with van der Waals surface area (Å²) in [6, 6.07) is 9.02. The van der Waals surface area contributed by atoms with Crippen LogP contribution in [-0.2, 0) is 19.4 Å². The minimum absolute atomic E-state index is 0.406. The number of hydrogen-bond donors (Lipinski definition) is 1. The van der Waals surface area contributed by atoms with Gasteiger partial charge in [0.05, 0.1) is 15.9 Å². The Kier molecular flexibility index (Phi) is 5.59. The molecule has 4 heteroatoms. The van der Waals surface area contributed by atoms with Crippen molar-refractivity contribution in [2.24, 2.45) is 0 Å². The molecule has 1 heterocycles. The maximum absolute atomic E-state index is 4.58. The molecule has 0 amide bonds. The van der Waals surface area contributed by atoms with Crippen molar-refractivity contribution in [3.8, 4) is 0 Å². The summed E-state index contributed by atoms with van der Waals surface area (Å²) in [5, 5.41) is 8.03. The van der Waals surface area contributed by atoms with Gasteiger partial charge in [-0.15, -0.1) is 0 Å². The van der Waals surface area contributed by atoms with E-state index in [2.05, 4.69) is 76.1 Å². The van der Waals surface area contributed by atoms with Crippen LogP contribution in [-0.4, -0.2) is 22.9 Å². The molecule has 1 N–H and O–H groups in total. The van der Waals surface area contributed by atoms with Crippen molar-refractivity contribution in [3.05, 3.63) is 51.3 Å². The maximum Gasteiger partial charge on any atom is 0.0738 e. The van der Waals surface area contributed by atoms with Crippen LogP contribution in [0.25, 0.3) is 0 Å². The number of halogens is 1. The first-order valence-electron chi connectivity index (χ1n) is 7.50. The molecule has 0 saturated heterocycles. The Morgan fingerprint density at radius 3 is 2.57 bits per heavy atom. The van der Waals surface area contributed by atoms with Crippen LogP contribution >= 0.6 is 15.9 Å². The fraction of sp³-hybridized carbons (Fsp3) is 0.471. The van der Waals surface area contributed by atoms with Crippen molar-refractivity contribution in [2.75, 3.05) is 7.05 Å². The third kappa shape index (κ3) is 3.74. The van der Waals surface area contributed by atoms with E-state index in [-0.39, 0.29) is 0 Å².